The number of aryl methyl sites for hydroxylation is 2. The molecule has 0 amide bonds. The number of benzene rings is 1. The smallest absolute Gasteiger partial charge is 0.305 e. The summed E-state index contributed by atoms with van der Waals surface area (Å²) in [5, 5.41) is 6.36. The van der Waals surface area contributed by atoms with E-state index in [0.717, 1.165) is 20.9 Å². The van der Waals surface area contributed by atoms with Gasteiger partial charge in [-0.1, -0.05) is 0 Å². The Hall–Kier alpha value is -2.39. The number of fused-ring (bicyclic) bond motifs is 1. The minimum atomic E-state index is -0.297. The molecule has 0 aliphatic rings. The molecule has 0 saturated heterocycles. The van der Waals surface area contributed by atoms with Crippen molar-refractivity contribution < 1.29 is 19.0 Å². The first-order chi connectivity index (χ1) is 14.4. The van der Waals surface area contributed by atoms with E-state index in [9.17, 15) is 4.79 Å². The van der Waals surface area contributed by atoms with Crippen LogP contribution >= 0.6 is 27.3 Å². The molecule has 2 heterocycles. The lowest BCUT2D eigenvalue weighted by Crippen LogP contribution is -2.10. The van der Waals surface area contributed by atoms with Crippen molar-refractivity contribution in [2.75, 3.05) is 26.6 Å². The van der Waals surface area contributed by atoms with Gasteiger partial charge in [0.15, 0.2) is 11.5 Å². The number of carbonyl (C=O) groups is 1. The van der Waals surface area contributed by atoms with E-state index in [4.69, 9.17) is 14.2 Å². The second-order valence-electron chi connectivity index (χ2n) is 6.72. The van der Waals surface area contributed by atoms with Gasteiger partial charge in [0.25, 0.3) is 0 Å². The molecule has 3 aromatic rings. The molecular weight excluding hydrogens is 470 g/mol. The van der Waals surface area contributed by atoms with Crippen LogP contribution < -0.4 is 14.8 Å². The summed E-state index contributed by atoms with van der Waals surface area (Å²) in [6, 6.07) is 4.00. The molecule has 0 radical (unpaired) electrons. The van der Waals surface area contributed by atoms with E-state index in [1.165, 1.54) is 12.0 Å². The van der Waals surface area contributed by atoms with Crippen LogP contribution in [0.5, 0.6) is 11.5 Å². The lowest BCUT2D eigenvalue weighted by Gasteiger charge is -2.19. The van der Waals surface area contributed by atoms with Crippen molar-refractivity contribution >= 4 is 50.0 Å². The summed E-state index contributed by atoms with van der Waals surface area (Å²) in [6.45, 7) is 3.93. The topological polar surface area (TPSA) is 82.6 Å². The summed E-state index contributed by atoms with van der Waals surface area (Å²) in [5.74, 6) is 2.15. The Balaban J connectivity index is 2.13. The van der Waals surface area contributed by atoms with Gasteiger partial charge in [-0.25, -0.2) is 9.97 Å². The molecular formula is C21H24BrN3O4S. The maximum absolute atomic E-state index is 11.8. The predicted octanol–water partition coefficient (Wildman–Crippen LogP) is 5.06. The van der Waals surface area contributed by atoms with Crippen LogP contribution in [-0.4, -0.2) is 37.3 Å². The number of hydrogen-bond acceptors (Lipinski definition) is 8. The Morgan fingerprint density at radius 3 is 2.60 bits per heavy atom. The third kappa shape index (κ3) is 4.67. The fourth-order valence-corrected chi connectivity index (χ4v) is 4.73. The number of anilines is 1. The van der Waals surface area contributed by atoms with Crippen molar-refractivity contribution in [2.45, 2.75) is 32.7 Å². The third-order valence-electron chi connectivity index (χ3n) is 4.72. The van der Waals surface area contributed by atoms with Crippen molar-refractivity contribution in [3.63, 3.8) is 0 Å². The van der Waals surface area contributed by atoms with E-state index in [0.29, 0.717) is 29.6 Å². The van der Waals surface area contributed by atoms with Crippen LogP contribution in [0.1, 0.15) is 35.7 Å². The van der Waals surface area contributed by atoms with Gasteiger partial charge in [-0.15, -0.1) is 11.3 Å². The van der Waals surface area contributed by atoms with Crippen LogP contribution in [0.2, 0.25) is 0 Å². The fraction of sp³-hybridized carbons (Fsp3) is 0.381. The highest BCUT2D eigenvalue weighted by molar-refractivity contribution is 9.10. The van der Waals surface area contributed by atoms with Crippen molar-refractivity contribution in [1.29, 1.82) is 0 Å². The highest BCUT2D eigenvalue weighted by Crippen LogP contribution is 2.40. The molecule has 160 valence electrons. The van der Waals surface area contributed by atoms with E-state index >= 15 is 0 Å². The predicted molar refractivity (Wildman–Crippen MR) is 122 cm³/mol. The van der Waals surface area contributed by atoms with Gasteiger partial charge in [0.05, 0.1) is 32.9 Å². The molecule has 1 N–H and O–H groups in total. The van der Waals surface area contributed by atoms with E-state index < -0.39 is 0 Å². The van der Waals surface area contributed by atoms with Gasteiger partial charge in [0.1, 0.15) is 11.6 Å². The van der Waals surface area contributed by atoms with E-state index in [2.05, 4.69) is 49.6 Å². The zero-order chi connectivity index (χ0) is 21.8. The minimum absolute atomic E-state index is 0.0467. The van der Waals surface area contributed by atoms with Crippen LogP contribution in [0, 0.1) is 6.92 Å². The molecule has 1 aromatic carbocycles. The first kappa shape index (κ1) is 22.3. The lowest BCUT2D eigenvalue weighted by molar-refractivity contribution is -0.140. The van der Waals surface area contributed by atoms with Crippen molar-refractivity contribution in [3.8, 4) is 11.5 Å². The van der Waals surface area contributed by atoms with Crippen LogP contribution in [0.15, 0.2) is 22.0 Å². The standard InChI is InChI=1S/C21H24BrN3O4S/c1-11(17-8-13(22)10-30-17)23-21-15-9-16(27-3)20(29-5)14(6-7-18(26)28-4)19(15)24-12(2)25-21/h8-11H,6-7H2,1-5H3,(H,23,24,25)/t11-/m0/s1. The Morgan fingerprint density at radius 2 is 2.00 bits per heavy atom. The maximum Gasteiger partial charge on any atom is 0.305 e. The molecule has 0 fully saturated rings. The number of methoxy groups -OCH3 is 3. The first-order valence-corrected chi connectivity index (χ1v) is 11.0. The molecule has 0 saturated carbocycles. The number of nitrogens with one attached hydrogen (secondary N) is 1. The Morgan fingerprint density at radius 1 is 1.23 bits per heavy atom. The molecule has 0 aliphatic carbocycles. The zero-order valence-corrected chi connectivity index (χ0v) is 19.9. The molecule has 30 heavy (non-hydrogen) atoms. The van der Waals surface area contributed by atoms with Crippen LogP contribution in [0.3, 0.4) is 0 Å². The summed E-state index contributed by atoms with van der Waals surface area (Å²) >= 11 is 5.17. The average molecular weight is 494 g/mol. The number of rotatable bonds is 8. The molecule has 7 nitrogen and oxygen atoms in total. The minimum Gasteiger partial charge on any atom is -0.493 e. The number of nitrogens with zero attached hydrogens (tertiary/aromatic N) is 2. The summed E-state index contributed by atoms with van der Waals surface area (Å²) in [7, 11) is 4.54. The summed E-state index contributed by atoms with van der Waals surface area (Å²) in [6.07, 6.45) is 0.618. The number of hydrogen-bond donors (Lipinski definition) is 1. The van der Waals surface area contributed by atoms with Gasteiger partial charge in [-0.3, -0.25) is 4.79 Å². The molecule has 3 rings (SSSR count). The Kier molecular flexibility index (Phi) is 7.14. The largest absolute Gasteiger partial charge is 0.493 e. The number of thiophene rings is 1. The van der Waals surface area contributed by atoms with Crippen molar-refractivity contribution in [3.05, 3.63) is 38.3 Å². The quantitative estimate of drug-likeness (QED) is 0.439. The Labute approximate surface area is 187 Å². The average Bonchev–Trinajstić information content (AvgIpc) is 3.17. The molecule has 1 atom stereocenters. The van der Waals surface area contributed by atoms with Crippen LogP contribution in [-0.2, 0) is 16.0 Å². The number of esters is 1. The SMILES string of the molecule is COC(=O)CCc1c(OC)c(OC)cc2c(N[C@@H](C)c3cc(Br)cs3)nc(C)nc12. The van der Waals surface area contributed by atoms with E-state index in [-0.39, 0.29) is 18.4 Å². The molecule has 0 unspecified atom stereocenters. The van der Waals surface area contributed by atoms with Gasteiger partial charge < -0.3 is 19.5 Å². The maximum atomic E-state index is 11.8. The highest BCUT2D eigenvalue weighted by atomic mass is 79.9. The second kappa shape index (κ2) is 9.61. The van der Waals surface area contributed by atoms with Crippen molar-refractivity contribution in [1.82, 2.24) is 9.97 Å². The first-order valence-electron chi connectivity index (χ1n) is 9.37. The third-order valence-corrected chi connectivity index (χ3v) is 6.59. The number of ether oxygens (including phenoxy) is 3. The van der Waals surface area contributed by atoms with Gasteiger partial charge in [0.2, 0.25) is 0 Å². The van der Waals surface area contributed by atoms with Crippen LogP contribution in [0.25, 0.3) is 10.9 Å². The number of halogens is 1. The van der Waals surface area contributed by atoms with Crippen LogP contribution in [0.4, 0.5) is 5.82 Å². The Bertz CT molecular complexity index is 1070. The molecule has 0 bridgehead atoms. The summed E-state index contributed by atoms with van der Waals surface area (Å²) in [4.78, 5) is 22.3. The van der Waals surface area contributed by atoms with Gasteiger partial charge in [0, 0.05) is 32.1 Å². The molecule has 9 heteroatoms. The highest BCUT2D eigenvalue weighted by Gasteiger charge is 2.21. The lowest BCUT2D eigenvalue weighted by atomic mass is 10.0. The summed E-state index contributed by atoms with van der Waals surface area (Å²) < 4.78 is 17.0. The fourth-order valence-electron chi connectivity index (χ4n) is 3.28. The van der Waals surface area contributed by atoms with Gasteiger partial charge in [-0.2, -0.15) is 0 Å². The monoisotopic (exact) mass is 493 g/mol. The van der Waals surface area contributed by atoms with Crippen molar-refractivity contribution in [2.24, 2.45) is 0 Å². The molecule has 2 aromatic heterocycles. The van der Waals surface area contributed by atoms with Gasteiger partial charge >= 0.3 is 5.97 Å². The normalized spacial score (nSPS) is 11.9. The van der Waals surface area contributed by atoms with E-state index in [1.807, 2.05) is 13.0 Å². The molecule has 0 spiro atoms. The van der Waals surface area contributed by atoms with Gasteiger partial charge in [-0.05, 0) is 48.3 Å². The molecule has 0 aliphatic heterocycles. The van der Waals surface area contributed by atoms with E-state index in [1.54, 1.807) is 25.6 Å². The number of carbonyl (C=O) groups excluding carboxylic acids is 1. The number of aromatic nitrogens is 2. The zero-order valence-electron chi connectivity index (χ0n) is 17.5. The summed E-state index contributed by atoms with van der Waals surface area (Å²) in [5.41, 5.74) is 1.52. The second-order valence-corrected chi connectivity index (χ2v) is 8.57.